The molecule has 0 heterocycles. The first-order valence-corrected chi connectivity index (χ1v) is 5.66. The highest BCUT2D eigenvalue weighted by Gasteiger charge is 2.41. The van der Waals surface area contributed by atoms with Crippen molar-refractivity contribution in [2.75, 3.05) is 6.54 Å². The molecule has 4 nitrogen and oxygen atoms in total. The standard InChI is InChI=1S/C12H13ClFNO3/c1-3-15(7-16)12(2,11(17)18)9-5-4-8(14)6-10(9)13/h4-7H,3H2,1-2H3,(H,17,18). The third-order valence-corrected chi connectivity index (χ3v) is 3.23. The minimum absolute atomic E-state index is 0.0276. The first-order chi connectivity index (χ1) is 8.37. The van der Waals surface area contributed by atoms with E-state index in [1.54, 1.807) is 6.92 Å². The van der Waals surface area contributed by atoms with Crippen LogP contribution in [0.1, 0.15) is 19.4 Å². The SMILES string of the molecule is CCN(C=O)C(C)(C(=O)O)c1ccc(F)cc1Cl. The van der Waals surface area contributed by atoms with Gasteiger partial charge in [0.2, 0.25) is 6.41 Å². The molecular formula is C12H13ClFNO3. The molecular weight excluding hydrogens is 261 g/mol. The lowest BCUT2D eigenvalue weighted by Crippen LogP contribution is -2.49. The van der Waals surface area contributed by atoms with Crippen molar-refractivity contribution < 1.29 is 19.1 Å². The van der Waals surface area contributed by atoms with Gasteiger partial charge < -0.3 is 10.0 Å². The van der Waals surface area contributed by atoms with Crippen molar-refractivity contribution in [3.05, 3.63) is 34.6 Å². The van der Waals surface area contributed by atoms with Crippen LogP contribution in [0.4, 0.5) is 4.39 Å². The van der Waals surface area contributed by atoms with Crippen molar-refractivity contribution in [2.45, 2.75) is 19.4 Å². The third-order valence-electron chi connectivity index (χ3n) is 2.91. The van der Waals surface area contributed by atoms with E-state index in [9.17, 15) is 19.1 Å². The Balaban J connectivity index is 3.44. The van der Waals surface area contributed by atoms with Crippen LogP contribution < -0.4 is 0 Å². The van der Waals surface area contributed by atoms with Gasteiger partial charge in [0.1, 0.15) is 5.82 Å². The second-order valence-corrected chi connectivity index (χ2v) is 4.30. The van der Waals surface area contributed by atoms with E-state index in [1.165, 1.54) is 13.0 Å². The average molecular weight is 274 g/mol. The lowest BCUT2D eigenvalue weighted by Gasteiger charge is -2.35. The topological polar surface area (TPSA) is 57.6 Å². The molecule has 0 bridgehead atoms. The van der Waals surface area contributed by atoms with E-state index in [0.29, 0.717) is 6.41 Å². The highest BCUT2D eigenvalue weighted by atomic mass is 35.5. The number of rotatable bonds is 5. The van der Waals surface area contributed by atoms with Gasteiger partial charge in [0, 0.05) is 17.1 Å². The van der Waals surface area contributed by atoms with Crippen LogP contribution in [0.15, 0.2) is 18.2 Å². The number of carboxylic acids is 1. The molecule has 0 spiro atoms. The molecule has 0 fully saturated rings. The van der Waals surface area contributed by atoms with Crippen LogP contribution in [-0.4, -0.2) is 28.9 Å². The third kappa shape index (κ3) is 2.31. The van der Waals surface area contributed by atoms with Crippen molar-refractivity contribution >= 4 is 24.0 Å². The number of hydrogen-bond donors (Lipinski definition) is 1. The van der Waals surface area contributed by atoms with Crippen LogP contribution >= 0.6 is 11.6 Å². The van der Waals surface area contributed by atoms with Gasteiger partial charge in [-0.15, -0.1) is 0 Å². The smallest absolute Gasteiger partial charge is 0.334 e. The lowest BCUT2D eigenvalue weighted by molar-refractivity contribution is -0.154. The quantitative estimate of drug-likeness (QED) is 0.837. The van der Waals surface area contributed by atoms with Gasteiger partial charge >= 0.3 is 5.97 Å². The molecule has 0 saturated heterocycles. The number of nitrogens with zero attached hydrogens (tertiary/aromatic N) is 1. The summed E-state index contributed by atoms with van der Waals surface area (Å²) in [6.45, 7) is 3.19. The molecule has 1 amide bonds. The Morgan fingerprint density at radius 2 is 2.22 bits per heavy atom. The molecule has 1 N–H and O–H groups in total. The van der Waals surface area contributed by atoms with Gasteiger partial charge in [0.05, 0.1) is 0 Å². The summed E-state index contributed by atoms with van der Waals surface area (Å²) in [5, 5.41) is 9.33. The van der Waals surface area contributed by atoms with Gasteiger partial charge in [-0.25, -0.2) is 9.18 Å². The summed E-state index contributed by atoms with van der Waals surface area (Å²) in [7, 11) is 0. The zero-order chi connectivity index (χ0) is 13.9. The average Bonchev–Trinajstić information content (AvgIpc) is 2.29. The van der Waals surface area contributed by atoms with Gasteiger partial charge in [-0.05, 0) is 26.0 Å². The summed E-state index contributed by atoms with van der Waals surface area (Å²) < 4.78 is 13.0. The van der Waals surface area contributed by atoms with E-state index >= 15 is 0 Å². The molecule has 1 atom stereocenters. The van der Waals surface area contributed by atoms with Crippen LogP contribution in [-0.2, 0) is 15.1 Å². The summed E-state index contributed by atoms with van der Waals surface area (Å²) in [5.41, 5.74) is -1.45. The summed E-state index contributed by atoms with van der Waals surface area (Å²) in [6, 6.07) is 3.41. The largest absolute Gasteiger partial charge is 0.479 e. The summed E-state index contributed by atoms with van der Waals surface area (Å²) in [6.07, 6.45) is 0.438. The number of aliphatic carboxylic acids is 1. The molecule has 1 aromatic rings. The van der Waals surface area contributed by atoms with Crippen molar-refractivity contribution in [3.63, 3.8) is 0 Å². The van der Waals surface area contributed by atoms with Crippen LogP contribution in [0.5, 0.6) is 0 Å². The van der Waals surface area contributed by atoms with Gasteiger partial charge in [0.15, 0.2) is 5.54 Å². The van der Waals surface area contributed by atoms with Crippen LogP contribution in [0.3, 0.4) is 0 Å². The highest BCUT2D eigenvalue weighted by molar-refractivity contribution is 6.31. The normalized spacial score (nSPS) is 13.8. The molecule has 0 aliphatic heterocycles. The maximum absolute atomic E-state index is 13.0. The Kier molecular flexibility index (Phi) is 4.29. The number of halogens is 2. The molecule has 98 valence electrons. The Labute approximate surface area is 109 Å². The number of carboxylic acid groups (broad SMARTS) is 1. The lowest BCUT2D eigenvalue weighted by atomic mass is 9.90. The first-order valence-electron chi connectivity index (χ1n) is 5.28. The van der Waals surface area contributed by atoms with Crippen LogP contribution in [0.2, 0.25) is 5.02 Å². The number of carbonyl (C=O) groups is 2. The maximum Gasteiger partial charge on any atom is 0.334 e. The number of benzene rings is 1. The second kappa shape index (κ2) is 5.35. The van der Waals surface area contributed by atoms with Crippen molar-refractivity contribution in [2.24, 2.45) is 0 Å². The maximum atomic E-state index is 13.0. The minimum Gasteiger partial charge on any atom is -0.479 e. The molecule has 0 aromatic heterocycles. The van der Waals surface area contributed by atoms with Gasteiger partial charge in [-0.1, -0.05) is 17.7 Å². The summed E-state index contributed by atoms with van der Waals surface area (Å²) in [4.78, 5) is 23.5. The van der Waals surface area contributed by atoms with Gasteiger partial charge in [-0.3, -0.25) is 4.79 Å². The molecule has 1 unspecified atom stereocenters. The predicted molar refractivity (Wildman–Crippen MR) is 64.8 cm³/mol. The van der Waals surface area contributed by atoms with E-state index in [0.717, 1.165) is 17.0 Å². The zero-order valence-electron chi connectivity index (χ0n) is 9.98. The fourth-order valence-electron chi connectivity index (χ4n) is 1.77. The van der Waals surface area contributed by atoms with Crippen LogP contribution in [0, 0.1) is 5.82 Å². The molecule has 18 heavy (non-hydrogen) atoms. The van der Waals surface area contributed by atoms with E-state index in [4.69, 9.17) is 11.6 Å². The Hall–Kier alpha value is -1.62. The van der Waals surface area contributed by atoms with Crippen molar-refractivity contribution in [1.82, 2.24) is 4.90 Å². The minimum atomic E-state index is -1.62. The fourth-order valence-corrected chi connectivity index (χ4v) is 2.12. The molecule has 0 aliphatic rings. The molecule has 0 aliphatic carbocycles. The number of carbonyl (C=O) groups excluding carboxylic acids is 1. The van der Waals surface area contributed by atoms with E-state index in [2.05, 4.69) is 0 Å². The Morgan fingerprint density at radius 1 is 1.61 bits per heavy atom. The molecule has 6 heteroatoms. The predicted octanol–water partition coefficient (Wildman–Crippen LogP) is 2.26. The van der Waals surface area contributed by atoms with Crippen molar-refractivity contribution in [3.8, 4) is 0 Å². The fraction of sp³-hybridized carbons (Fsp3) is 0.333. The van der Waals surface area contributed by atoms with Gasteiger partial charge in [0.25, 0.3) is 0 Å². The van der Waals surface area contributed by atoms with E-state index < -0.39 is 17.3 Å². The highest BCUT2D eigenvalue weighted by Crippen LogP contribution is 2.33. The molecule has 1 aromatic carbocycles. The summed E-state index contributed by atoms with van der Waals surface area (Å²) >= 11 is 5.87. The Bertz CT molecular complexity index is 480. The number of likely N-dealkylation sites (N-methyl/N-ethyl adjacent to an activating group) is 1. The first kappa shape index (κ1) is 14.4. The van der Waals surface area contributed by atoms with E-state index in [1.807, 2.05) is 0 Å². The van der Waals surface area contributed by atoms with E-state index in [-0.39, 0.29) is 17.1 Å². The molecule has 0 saturated carbocycles. The number of amides is 1. The Morgan fingerprint density at radius 3 is 2.61 bits per heavy atom. The second-order valence-electron chi connectivity index (χ2n) is 3.89. The van der Waals surface area contributed by atoms with Crippen LogP contribution in [0.25, 0.3) is 0 Å². The monoisotopic (exact) mass is 273 g/mol. The summed E-state index contributed by atoms with van der Waals surface area (Å²) in [5.74, 6) is -1.80. The van der Waals surface area contributed by atoms with Crippen molar-refractivity contribution in [1.29, 1.82) is 0 Å². The molecule has 1 rings (SSSR count). The van der Waals surface area contributed by atoms with Gasteiger partial charge in [-0.2, -0.15) is 0 Å². The molecule has 0 radical (unpaired) electrons. The number of hydrogen-bond acceptors (Lipinski definition) is 2. The zero-order valence-corrected chi connectivity index (χ0v) is 10.7.